The van der Waals surface area contributed by atoms with Crippen LogP contribution in [0.3, 0.4) is 0 Å². The Morgan fingerprint density at radius 2 is 1.96 bits per heavy atom. The van der Waals surface area contributed by atoms with E-state index in [-0.39, 0.29) is 16.8 Å². The van der Waals surface area contributed by atoms with E-state index in [0.717, 1.165) is 24.6 Å². The first kappa shape index (κ1) is 18.4. The predicted octanol–water partition coefficient (Wildman–Crippen LogP) is 2.97. The summed E-state index contributed by atoms with van der Waals surface area (Å²) in [6, 6.07) is 9.54. The average Bonchev–Trinajstić information content (AvgIpc) is 3.08. The molecule has 1 saturated heterocycles. The van der Waals surface area contributed by atoms with Gasteiger partial charge in [-0.15, -0.1) is 5.01 Å². The van der Waals surface area contributed by atoms with Gasteiger partial charge in [-0.25, -0.2) is 0 Å². The highest BCUT2D eigenvalue weighted by atomic mass is 32.2. The molecule has 7 nitrogen and oxygen atoms in total. The van der Waals surface area contributed by atoms with Gasteiger partial charge in [0.25, 0.3) is 6.20 Å². The maximum absolute atomic E-state index is 12.0. The summed E-state index contributed by atoms with van der Waals surface area (Å²) in [5.74, 6) is -0.319. The second-order valence-electron chi connectivity index (χ2n) is 6.42. The maximum atomic E-state index is 12.0. The Kier molecular flexibility index (Phi) is 5.92. The van der Waals surface area contributed by atoms with E-state index in [1.807, 2.05) is 6.07 Å². The number of thioether (sulfide) groups is 1. The minimum atomic E-state index is -0.428. The van der Waals surface area contributed by atoms with E-state index in [2.05, 4.69) is 29.4 Å². The molecular weight excluding hydrogens is 352 g/mol. The van der Waals surface area contributed by atoms with Gasteiger partial charge in [-0.2, -0.15) is 0 Å². The van der Waals surface area contributed by atoms with Crippen LogP contribution in [0.5, 0.6) is 0 Å². The molecule has 0 spiro atoms. The lowest BCUT2D eigenvalue weighted by Gasteiger charge is -2.31. The molecule has 0 N–H and O–H groups in total. The fraction of sp³-hybridized carbons (Fsp3) is 0.444. The van der Waals surface area contributed by atoms with Crippen LogP contribution in [-0.4, -0.2) is 34.1 Å². The van der Waals surface area contributed by atoms with E-state index in [1.165, 1.54) is 6.42 Å². The summed E-state index contributed by atoms with van der Waals surface area (Å²) in [6.07, 6.45) is 4.99. The lowest BCUT2D eigenvalue weighted by Crippen LogP contribution is -2.67. The van der Waals surface area contributed by atoms with Crippen LogP contribution in [0.1, 0.15) is 43.5 Å². The van der Waals surface area contributed by atoms with Gasteiger partial charge in [0.2, 0.25) is 10.4 Å². The van der Waals surface area contributed by atoms with Crippen molar-refractivity contribution in [3.63, 3.8) is 0 Å². The van der Waals surface area contributed by atoms with Gasteiger partial charge in [0.05, 0.1) is 22.8 Å². The quantitative estimate of drug-likeness (QED) is 0.749. The standard InChI is InChI=1S/C18H22N4O3S/c1-13-7-6-8-14(2)22(13)21-11-17(25-20-21)19-16(23)12-26-18(24)15-9-4-3-5-10-15/h3-5,9-11,13-14H,6-8,12H2,1-2H3. The Bertz CT molecular complexity index is 755. The van der Waals surface area contributed by atoms with Crippen molar-refractivity contribution in [2.45, 2.75) is 45.2 Å². The van der Waals surface area contributed by atoms with E-state index in [9.17, 15) is 9.59 Å². The lowest BCUT2D eigenvalue weighted by atomic mass is 10.00. The number of rotatable bonds is 5. The molecule has 1 aliphatic rings. The van der Waals surface area contributed by atoms with Crippen molar-refractivity contribution in [3.8, 4) is 0 Å². The number of amides is 1. The van der Waals surface area contributed by atoms with E-state index < -0.39 is 5.91 Å². The van der Waals surface area contributed by atoms with Crippen molar-refractivity contribution in [1.29, 1.82) is 0 Å². The van der Waals surface area contributed by atoms with Crippen LogP contribution in [0.2, 0.25) is 0 Å². The van der Waals surface area contributed by atoms with Crippen LogP contribution in [-0.2, 0) is 4.79 Å². The summed E-state index contributed by atoms with van der Waals surface area (Å²) in [4.78, 5) is 25.6. The third kappa shape index (κ3) is 4.43. The molecule has 1 aromatic heterocycles. The fourth-order valence-electron chi connectivity index (χ4n) is 3.14. The molecule has 8 heteroatoms. The Balaban J connectivity index is 1.54. The van der Waals surface area contributed by atoms with Gasteiger partial charge in [0, 0.05) is 11.3 Å². The van der Waals surface area contributed by atoms with Crippen molar-refractivity contribution in [2.24, 2.45) is 0 Å². The third-order valence-electron chi connectivity index (χ3n) is 4.40. The Hall–Kier alpha value is -2.35. The summed E-state index contributed by atoms with van der Waals surface area (Å²) in [5.41, 5.74) is 0.566. The monoisotopic (exact) mass is 374 g/mol. The SMILES string of the molecule is CC1CCCC(C)N1[n+]1cc([N-]C(=O)CSC(=O)c2ccccc2)on1. The number of aromatic nitrogens is 2. The predicted molar refractivity (Wildman–Crippen MR) is 98.9 cm³/mol. The van der Waals surface area contributed by atoms with Gasteiger partial charge in [0.1, 0.15) is 5.88 Å². The molecule has 1 amide bonds. The van der Waals surface area contributed by atoms with Gasteiger partial charge in [-0.1, -0.05) is 42.1 Å². The molecule has 3 rings (SSSR count). The average molecular weight is 374 g/mol. The van der Waals surface area contributed by atoms with Gasteiger partial charge in [-0.3, -0.25) is 4.79 Å². The Labute approximate surface area is 156 Å². The van der Waals surface area contributed by atoms with Crippen LogP contribution in [0.4, 0.5) is 5.88 Å². The zero-order valence-electron chi connectivity index (χ0n) is 14.9. The molecule has 26 heavy (non-hydrogen) atoms. The summed E-state index contributed by atoms with van der Waals surface area (Å²) in [7, 11) is 0. The summed E-state index contributed by atoms with van der Waals surface area (Å²) >= 11 is 0.931. The molecule has 0 bridgehead atoms. The van der Waals surface area contributed by atoms with Gasteiger partial charge in [-0.05, 0) is 33.1 Å². The molecule has 1 aliphatic heterocycles. The number of carbonyl (C=O) groups excluding carboxylic acids is 2. The normalized spacial score (nSPS) is 20.0. The molecule has 2 heterocycles. The number of hydrogen-bond donors (Lipinski definition) is 0. The fourth-order valence-corrected chi connectivity index (χ4v) is 3.76. The van der Waals surface area contributed by atoms with Crippen molar-refractivity contribution >= 4 is 28.7 Å². The number of carbonyl (C=O) groups is 2. The summed E-state index contributed by atoms with van der Waals surface area (Å²) in [6.45, 7) is 4.29. The topological polar surface area (TPSA) is 81.4 Å². The van der Waals surface area contributed by atoms with Crippen LogP contribution in [0, 0.1) is 0 Å². The van der Waals surface area contributed by atoms with E-state index >= 15 is 0 Å². The molecule has 0 aliphatic carbocycles. The molecule has 138 valence electrons. The summed E-state index contributed by atoms with van der Waals surface area (Å²) in [5, 5.41) is 9.86. The van der Waals surface area contributed by atoms with Crippen LogP contribution in [0.25, 0.3) is 5.32 Å². The minimum absolute atomic E-state index is 0.0368. The number of nitrogens with zero attached hydrogens (tertiary/aromatic N) is 4. The smallest absolute Gasteiger partial charge is 0.257 e. The molecule has 2 aromatic rings. The highest BCUT2D eigenvalue weighted by Gasteiger charge is 2.33. The van der Waals surface area contributed by atoms with Crippen molar-refractivity contribution in [2.75, 3.05) is 10.8 Å². The second kappa shape index (κ2) is 8.35. The number of hydrogen-bond acceptors (Lipinski definition) is 6. The zero-order valence-corrected chi connectivity index (χ0v) is 15.7. The Morgan fingerprint density at radius 1 is 1.27 bits per heavy atom. The van der Waals surface area contributed by atoms with Crippen LogP contribution in [0.15, 0.2) is 41.1 Å². The van der Waals surface area contributed by atoms with E-state index in [0.29, 0.717) is 17.6 Å². The van der Waals surface area contributed by atoms with Crippen molar-refractivity contribution in [1.82, 2.24) is 5.27 Å². The lowest BCUT2D eigenvalue weighted by molar-refractivity contribution is -0.765. The largest absolute Gasteiger partial charge is 0.588 e. The van der Waals surface area contributed by atoms with Crippen LogP contribution < -0.4 is 9.80 Å². The molecule has 1 fully saturated rings. The molecule has 0 saturated carbocycles. The first-order valence-electron chi connectivity index (χ1n) is 8.68. The van der Waals surface area contributed by atoms with Gasteiger partial charge in [0.15, 0.2) is 0 Å². The molecule has 0 radical (unpaired) electrons. The van der Waals surface area contributed by atoms with E-state index in [1.54, 1.807) is 35.3 Å². The number of benzene rings is 1. The highest BCUT2D eigenvalue weighted by Crippen LogP contribution is 2.21. The van der Waals surface area contributed by atoms with E-state index in [4.69, 9.17) is 4.52 Å². The first-order valence-corrected chi connectivity index (χ1v) is 9.67. The second-order valence-corrected chi connectivity index (χ2v) is 7.37. The third-order valence-corrected chi connectivity index (χ3v) is 5.29. The van der Waals surface area contributed by atoms with Crippen molar-refractivity contribution < 1.29 is 18.9 Å². The molecular formula is C18H22N4O3S. The Morgan fingerprint density at radius 3 is 2.65 bits per heavy atom. The molecule has 1 aromatic carbocycles. The minimum Gasteiger partial charge on any atom is -0.588 e. The van der Waals surface area contributed by atoms with Crippen molar-refractivity contribution in [3.05, 3.63) is 47.4 Å². The highest BCUT2D eigenvalue weighted by molar-refractivity contribution is 8.14. The summed E-state index contributed by atoms with van der Waals surface area (Å²) < 4.78 is 5.17. The first-order chi connectivity index (χ1) is 12.5. The number of piperidine rings is 1. The molecule has 2 unspecified atom stereocenters. The van der Waals surface area contributed by atoms with Gasteiger partial charge < -0.3 is 14.6 Å². The van der Waals surface area contributed by atoms with Gasteiger partial charge >= 0.3 is 0 Å². The maximum Gasteiger partial charge on any atom is 0.257 e. The zero-order chi connectivity index (χ0) is 18.5. The molecule has 2 atom stereocenters. The van der Waals surface area contributed by atoms with Crippen LogP contribution >= 0.6 is 11.8 Å².